The SMILES string of the molecule is O=C(O)N(Cc1cc2cc([N+](=O)[O-])ccc2o1)C[C@H](O)c1cccc(Cl)c1. The minimum absolute atomic E-state index is 0.0821. The third kappa shape index (κ3) is 4.36. The number of benzene rings is 2. The fraction of sp³-hybridized carbons (Fsp3) is 0.167. The second-order valence-corrected chi connectivity index (χ2v) is 6.36. The van der Waals surface area contributed by atoms with Crippen LogP contribution >= 0.6 is 11.6 Å². The molecule has 27 heavy (non-hydrogen) atoms. The van der Waals surface area contributed by atoms with Crippen molar-refractivity contribution in [1.82, 2.24) is 4.90 Å². The molecule has 0 aliphatic rings. The highest BCUT2D eigenvalue weighted by atomic mass is 35.5. The first-order valence-corrected chi connectivity index (χ1v) is 8.29. The molecule has 0 aliphatic carbocycles. The van der Waals surface area contributed by atoms with Crippen LogP contribution in [0.2, 0.25) is 5.02 Å². The monoisotopic (exact) mass is 390 g/mol. The first-order valence-electron chi connectivity index (χ1n) is 7.92. The van der Waals surface area contributed by atoms with Crippen LogP contribution in [0.15, 0.2) is 52.9 Å². The zero-order valence-electron chi connectivity index (χ0n) is 13.9. The molecule has 9 heteroatoms. The van der Waals surface area contributed by atoms with E-state index in [1.165, 1.54) is 18.2 Å². The number of carboxylic acid groups (broad SMARTS) is 1. The number of nitrogens with zero attached hydrogens (tertiary/aromatic N) is 2. The Balaban J connectivity index is 1.79. The lowest BCUT2D eigenvalue weighted by molar-refractivity contribution is -0.384. The first kappa shape index (κ1) is 18.7. The molecule has 0 bridgehead atoms. The van der Waals surface area contributed by atoms with Crippen LogP contribution in [0.4, 0.5) is 10.5 Å². The molecule has 3 rings (SSSR count). The number of aliphatic hydroxyl groups is 1. The number of aliphatic hydroxyl groups excluding tert-OH is 1. The van der Waals surface area contributed by atoms with Gasteiger partial charge in [-0.1, -0.05) is 23.7 Å². The highest BCUT2D eigenvalue weighted by molar-refractivity contribution is 6.30. The Morgan fingerprint density at radius 1 is 1.26 bits per heavy atom. The Kier molecular flexibility index (Phi) is 5.29. The Morgan fingerprint density at radius 2 is 2.04 bits per heavy atom. The number of halogens is 1. The summed E-state index contributed by atoms with van der Waals surface area (Å²) in [6.07, 6.45) is -2.30. The Morgan fingerprint density at radius 3 is 2.70 bits per heavy atom. The van der Waals surface area contributed by atoms with Gasteiger partial charge in [0, 0.05) is 22.5 Å². The lowest BCUT2D eigenvalue weighted by Crippen LogP contribution is -2.32. The van der Waals surface area contributed by atoms with Crippen LogP contribution in [0.25, 0.3) is 11.0 Å². The van der Waals surface area contributed by atoms with E-state index in [-0.39, 0.29) is 18.8 Å². The predicted octanol–water partition coefficient (Wildman–Crippen LogP) is 4.21. The number of rotatable bonds is 6. The normalized spacial score (nSPS) is 12.1. The third-order valence-corrected chi connectivity index (χ3v) is 4.24. The fourth-order valence-electron chi connectivity index (χ4n) is 2.70. The van der Waals surface area contributed by atoms with Crippen molar-refractivity contribution in [2.75, 3.05) is 6.54 Å². The predicted molar refractivity (Wildman–Crippen MR) is 97.7 cm³/mol. The Bertz CT molecular complexity index is 1000. The number of hydrogen-bond acceptors (Lipinski definition) is 5. The quantitative estimate of drug-likeness (QED) is 0.481. The molecule has 0 radical (unpaired) electrons. The molecule has 0 spiro atoms. The van der Waals surface area contributed by atoms with E-state index < -0.39 is 17.1 Å². The zero-order chi connectivity index (χ0) is 19.6. The van der Waals surface area contributed by atoms with Gasteiger partial charge in [0.05, 0.1) is 24.1 Å². The minimum Gasteiger partial charge on any atom is -0.465 e. The average molecular weight is 391 g/mol. The van der Waals surface area contributed by atoms with E-state index in [9.17, 15) is 25.1 Å². The maximum absolute atomic E-state index is 11.6. The summed E-state index contributed by atoms with van der Waals surface area (Å²) in [6.45, 7) is -0.303. The van der Waals surface area contributed by atoms with E-state index in [0.717, 1.165) is 4.90 Å². The highest BCUT2D eigenvalue weighted by Crippen LogP contribution is 2.26. The Labute approximate surface area is 158 Å². The average Bonchev–Trinajstić information content (AvgIpc) is 3.02. The van der Waals surface area contributed by atoms with Crippen LogP contribution in [0.3, 0.4) is 0 Å². The van der Waals surface area contributed by atoms with Crippen molar-refractivity contribution in [2.45, 2.75) is 12.6 Å². The van der Waals surface area contributed by atoms with Crippen molar-refractivity contribution in [1.29, 1.82) is 0 Å². The molecule has 2 aromatic carbocycles. The van der Waals surface area contributed by atoms with Gasteiger partial charge in [0.15, 0.2) is 0 Å². The molecular weight excluding hydrogens is 376 g/mol. The Hall–Kier alpha value is -3.10. The minimum atomic E-state index is -1.23. The van der Waals surface area contributed by atoms with Gasteiger partial charge in [0.25, 0.3) is 5.69 Å². The molecule has 8 nitrogen and oxygen atoms in total. The van der Waals surface area contributed by atoms with E-state index in [2.05, 4.69) is 0 Å². The molecule has 1 amide bonds. The molecule has 0 aliphatic heterocycles. The lowest BCUT2D eigenvalue weighted by Gasteiger charge is -2.21. The van der Waals surface area contributed by atoms with Crippen molar-refractivity contribution in [3.63, 3.8) is 0 Å². The molecule has 140 valence electrons. The molecule has 0 fully saturated rings. The molecule has 0 unspecified atom stereocenters. The smallest absolute Gasteiger partial charge is 0.407 e. The number of fused-ring (bicyclic) bond motifs is 1. The van der Waals surface area contributed by atoms with Crippen LogP contribution in [0, 0.1) is 10.1 Å². The van der Waals surface area contributed by atoms with Gasteiger partial charge in [-0.05, 0) is 29.8 Å². The van der Waals surface area contributed by atoms with Gasteiger partial charge in [-0.3, -0.25) is 15.0 Å². The number of nitro benzene ring substituents is 1. The van der Waals surface area contributed by atoms with Crippen LogP contribution in [0.5, 0.6) is 0 Å². The number of carbonyl (C=O) groups is 1. The van der Waals surface area contributed by atoms with Crippen molar-refractivity contribution < 1.29 is 24.3 Å². The van der Waals surface area contributed by atoms with Gasteiger partial charge in [-0.15, -0.1) is 0 Å². The molecule has 1 atom stereocenters. The zero-order valence-corrected chi connectivity index (χ0v) is 14.7. The van der Waals surface area contributed by atoms with Crippen molar-refractivity contribution in [2.24, 2.45) is 0 Å². The van der Waals surface area contributed by atoms with E-state index >= 15 is 0 Å². The van der Waals surface area contributed by atoms with Crippen LogP contribution in [-0.4, -0.2) is 32.7 Å². The van der Waals surface area contributed by atoms with Gasteiger partial charge in [-0.2, -0.15) is 0 Å². The summed E-state index contributed by atoms with van der Waals surface area (Å²) in [4.78, 5) is 22.9. The van der Waals surface area contributed by atoms with E-state index in [1.807, 2.05) is 0 Å². The van der Waals surface area contributed by atoms with Gasteiger partial charge in [0.1, 0.15) is 11.3 Å². The molecule has 1 heterocycles. The maximum atomic E-state index is 11.6. The summed E-state index contributed by atoms with van der Waals surface area (Å²) < 4.78 is 5.56. The second-order valence-electron chi connectivity index (χ2n) is 5.93. The molecule has 0 saturated heterocycles. The number of furan rings is 1. The number of nitro groups is 1. The summed E-state index contributed by atoms with van der Waals surface area (Å²) >= 11 is 5.89. The fourth-order valence-corrected chi connectivity index (χ4v) is 2.90. The third-order valence-electron chi connectivity index (χ3n) is 4.01. The van der Waals surface area contributed by atoms with E-state index in [4.69, 9.17) is 16.0 Å². The molecule has 0 saturated carbocycles. The van der Waals surface area contributed by atoms with Crippen molar-refractivity contribution in [3.05, 3.63) is 75.0 Å². The summed E-state index contributed by atoms with van der Waals surface area (Å²) in [5, 5.41) is 31.5. The lowest BCUT2D eigenvalue weighted by atomic mass is 10.1. The van der Waals surface area contributed by atoms with Gasteiger partial charge >= 0.3 is 6.09 Å². The number of hydrogen-bond donors (Lipinski definition) is 2. The molecule has 3 aromatic rings. The van der Waals surface area contributed by atoms with Crippen LogP contribution in [0.1, 0.15) is 17.4 Å². The maximum Gasteiger partial charge on any atom is 0.407 e. The summed E-state index contributed by atoms with van der Waals surface area (Å²) in [6, 6.07) is 12.2. The number of amides is 1. The summed E-state index contributed by atoms with van der Waals surface area (Å²) in [7, 11) is 0. The molecule has 1 aromatic heterocycles. The standard InChI is InChI=1S/C18H15ClN2O6/c19-13-3-1-2-11(6-13)16(22)10-20(18(23)24)9-15-8-12-7-14(21(25)26)4-5-17(12)27-15/h1-8,16,22H,9-10H2,(H,23,24)/t16-/m0/s1. The summed E-state index contributed by atoms with van der Waals surface area (Å²) in [5.74, 6) is 0.311. The van der Waals surface area contributed by atoms with Gasteiger partial charge < -0.3 is 14.6 Å². The largest absolute Gasteiger partial charge is 0.465 e. The van der Waals surface area contributed by atoms with Crippen molar-refractivity contribution in [3.8, 4) is 0 Å². The molecular formula is C18H15ClN2O6. The number of non-ortho nitro benzene ring substituents is 1. The van der Waals surface area contributed by atoms with Gasteiger partial charge in [0.2, 0.25) is 0 Å². The van der Waals surface area contributed by atoms with Crippen LogP contribution < -0.4 is 0 Å². The van der Waals surface area contributed by atoms with E-state index in [1.54, 1.807) is 30.3 Å². The highest BCUT2D eigenvalue weighted by Gasteiger charge is 2.20. The molecule has 2 N–H and O–H groups in total. The van der Waals surface area contributed by atoms with Crippen molar-refractivity contribution >= 4 is 34.4 Å². The van der Waals surface area contributed by atoms with Crippen LogP contribution in [-0.2, 0) is 6.54 Å². The topological polar surface area (TPSA) is 117 Å². The van der Waals surface area contributed by atoms with Gasteiger partial charge in [-0.25, -0.2) is 4.79 Å². The second kappa shape index (κ2) is 7.65. The van der Waals surface area contributed by atoms with E-state index in [0.29, 0.717) is 27.3 Å². The summed E-state index contributed by atoms with van der Waals surface area (Å²) in [5.41, 5.74) is 0.826. The first-order chi connectivity index (χ1) is 12.8.